The van der Waals surface area contributed by atoms with Gasteiger partial charge in [-0.3, -0.25) is 9.59 Å². The van der Waals surface area contributed by atoms with Crippen LogP contribution in [0.2, 0.25) is 0 Å². The van der Waals surface area contributed by atoms with Crippen LogP contribution in [0, 0.1) is 3.57 Å². The van der Waals surface area contributed by atoms with E-state index in [0.29, 0.717) is 28.5 Å². The minimum atomic E-state index is -0.543. The first-order chi connectivity index (χ1) is 13.5. The van der Waals surface area contributed by atoms with Gasteiger partial charge in [-0.15, -0.1) is 0 Å². The van der Waals surface area contributed by atoms with Crippen molar-refractivity contribution in [2.75, 3.05) is 26.6 Å². The number of amides is 2. The lowest BCUT2D eigenvalue weighted by molar-refractivity contribution is -0.126. The van der Waals surface area contributed by atoms with Crippen molar-refractivity contribution < 1.29 is 23.8 Å². The van der Waals surface area contributed by atoms with Gasteiger partial charge in [0.25, 0.3) is 0 Å². The minimum absolute atomic E-state index is 0.376. The van der Waals surface area contributed by atoms with E-state index >= 15 is 0 Å². The smallest absolute Gasteiger partial charge is 0.249 e. The molecule has 2 aromatic rings. The van der Waals surface area contributed by atoms with E-state index in [4.69, 9.17) is 14.2 Å². The summed E-state index contributed by atoms with van der Waals surface area (Å²) in [7, 11) is 4.60. The van der Waals surface area contributed by atoms with Gasteiger partial charge >= 0.3 is 0 Å². The number of halogens is 1. The third-order valence-corrected chi connectivity index (χ3v) is 4.36. The van der Waals surface area contributed by atoms with E-state index < -0.39 is 11.8 Å². The standard InChI is InChI=1S/C19H20IN3O5/c1-26-15-7-5-4-6-14(15)22-17(24)10-18(25)23-21-11-12-8-13(20)19(28-3)16(9-12)27-2/h4-9,11H,10H2,1-3H3,(H,22,24)(H,23,25). The maximum atomic E-state index is 12.0. The molecule has 8 nitrogen and oxygen atoms in total. The number of ether oxygens (including phenoxy) is 3. The molecule has 9 heteroatoms. The SMILES string of the molecule is COc1ccccc1NC(=O)CC(=O)NN=Cc1cc(I)c(OC)c(OC)c1. The molecule has 0 bridgehead atoms. The van der Waals surface area contributed by atoms with Gasteiger partial charge < -0.3 is 19.5 Å². The first-order valence-electron chi connectivity index (χ1n) is 8.14. The van der Waals surface area contributed by atoms with Gasteiger partial charge in [-0.25, -0.2) is 5.43 Å². The Labute approximate surface area is 176 Å². The van der Waals surface area contributed by atoms with Crippen LogP contribution in [0.1, 0.15) is 12.0 Å². The Kier molecular flexibility index (Phi) is 8.05. The third-order valence-electron chi connectivity index (χ3n) is 3.56. The summed E-state index contributed by atoms with van der Waals surface area (Å²) in [6.07, 6.45) is 1.08. The molecule has 28 heavy (non-hydrogen) atoms. The normalized spacial score (nSPS) is 10.4. The average Bonchev–Trinajstić information content (AvgIpc) is 2.67. The molecule has 0 saturated heterocycles. The fourth-order valence-corrected chi connectivity index (χ4v) is 3.16. The van der Waals surface area contributed by atoms with Gasteiger partial charge in [-0.2, -0.15) is 5.10 Å². The molecule has 0 heterocycles. The van der Waals surface area contributed by atoms with Crippen molar-refractivity contribution in [1.82, 2.24) is 5.43 Å². The lowest BCUT2D eigenvalue weighted by Crippen LogP contribution is -2.24. The van der Waals surface area contributed by atoms with Crippen LogP contribution in [-0.4, -0.2) is 39.4 Å². The second-order valence-electron chi connectivity index (χ2n) is 5.46. The molecule has 2 N–H and O–H groups in total. The summed E-state index contributed by atoms with van der Waals surface area (Å²) < 4.78 is 16.5. The Hall–Kier alpha value is -2.82. The Morgan fingerprint density at radius 1 is 1.04 bits per heavy atom. The van der Waals surface area contributed by atoms with Gasteiger partial charge in [-0.05, 0) is 52.4 Å². The second-order valence-corrected chi connectivity index (χ2v) is 6.62. The van der Waals surface area contributed by atoms with Crippen molar-refractivity contribution in [3.63, 3.8) is 0 Å². The number of rotatable bonds is 8. The van der Waals surface area contributed by atoms with E-state index in [1.807, 2.05) is 6.07 Å². The van der Waals surface area contributed by atoms with E-state index in [0.717, 1.165) is 3.57 Å². The zero-order valence-corrected chi connectivity index (χ0v) is 17.8. The van der Waals surface area contributed by atoms with Crippen LogP contribution < -0.4 is 25.0 Å². The molecule has 0 aliphatic rings. The number of carbonyl (C=O) groups excluding carboxylic acids is 2. The molecule has 0 unspecified atom stereocenters. The molecular formula is C19H20IN3O5. The number of hydrazone groups is 1. The molecular weight excluding hydrogens is 477 g/mol. The van der Waals surface area contributed by atoms with Gasteiger partial charge in [0.2, 0.25) is 11.8 Å². The molecule has 2 amide bonds. The van der Waals surface area contributed by atoms with Crippen molar-refractivity contribution in [2.24, 2.45) is 5.10 Å². The van der Waals surface area contributed by atoms with Crippen LogP contribution in [0.25, 0.3) is 0 Å². The summed E-state index contributed by atoms with van der Waals surface area (Å²) in [4.78, 5) is 23.9. The third kappa shape index (κ3) is 5.84. The largest absolute Gasteiger partial charge is 0.495 e. The quantitative estimate of drug-likeness (QED) is 0.253. The topological polar surface area (TPSA) is 98.2 Å². The Morgan fingerprint density at radius 2 is 1.75 bits per heavy atom. The maximum absolute atomic E-state index is 12.0. The molecule has 0 aromatic heterocycles. The lowest BCUT2D eigenvalue weighted by atomic mass is 10.2. The lowest BCUT2D eigenvalue weighted by Gasteiger charge is -2.10. The number of methoxy groups -OCH3 is 3. The highest BCUT2D eigenvalue weighted by molar-refractivity contribution is 14.1. The first kappa shape index (κ1) is 21.5. The number of para-hydroxylation sites is 2. The Morgan fingerprint density at radius 3 is 2.43 bits per heavy atom. The van der Waals surface area contributed by atoms with Crippen molar-refractivity contribution in [1.29, 1.82) is 0 Å². The predicted molar refractivity (Wildman–Crippen MR) is 114 cm³/mol. The van der Waals surface area contributed by atoms with Crippen LogP contribution in [0.15, 0.2) is 41.5 Å². The summed E-state index contributed by atoms with van der Waals surface area (Å²) in [6.45, 7) is 0. The molecule has 0 aliphatic carbocycles. The van der Waals surface area contributed by atoms with Gasteiger partial charge in [0.05, 0.1) is 36.8 Å². The molecule has 0 saturated carbocycles. The number of hydrogen-bond donors (Lipinski definition) is 2. The Bertz CT molecular complexity index is 886. The molecule has 2 aromatic carbocycles. The van der Waals surface area contributed by atoms with E-state index in [1.54, 1.807) is 37.4 Å². The molecule has 2 rings (SSSR count). The highest BCUT2D eigenvalue weighted by atomic mass is 127. The highest BCUT2D eigenvalue weighted by Crippen LogP contribution is 2.33. The fraction of sp³-hybridized carbons (Fsp3) is 0.211. The van der Waals surface area contributed by atoms with Crippen LogP contribution in [0.3, 0.4) is 0 Å². The number of nitrogens with zero attached hydrogens (tertiary/aromatic N) is 1. The number of anilines is 1. The van der Waals surface area contributed by atoms with Crippen molar-refractivity contribution >= 4 is 46.3 Å². The minimum Gasteiger partial charge on any atom is -0.495 e. The molecule has 0 fully saturated rings. The van der Waals surface area contributed by atoms with Gasteiger partial charge in [0.15, 0.2) is 11.5 Å². The molecule has 148 valence electrons. The number of benzene rings is 2. The summed E-state index contributed by atoms with van der Waals surface area (Å²) in [6, 6.07) is 10.5. The van der Waals surface area contributed by atoms with Gasteiger partial charge in [0, 0.05) is 0 Å². The molecule has 0 radical (unpaired) electrons. The summed E-state index contributed by atoms with van der Waals surface area (Å²) in [5, 5.41) is 6.51. The maximum Gasteiger partial charge on any atom is 0.249 e. The zero-order chi connectivity index (χ0) is 20.5. The van der Waals surface area contributed by atoms with E-state index in [2.05, 4.69) is 38.4 Å². The van der Waals surface area contributed by atoms with Crippen molar-refractivity contribution in [3.8, 4) is 17.2 Å². The van der Waals surface area contributed by atoms with E-state index in [1.165, 1.54) is 20.4 Å². The first-order valence-corrected chi connectivity index (χ1v) is 9.22. The molecule has 0 atom stereocenters. The molecule has 0 aliphatic heterocycles. The summed E-state index contributed by atoms with van der Waals surface area (Å²) >= 11 is 2.12. The van der Waals surface area contributed by atoms with Gasteiger partial charge in [-0.1, -0.05) is 12.1 Å². The monoisotopic (exact) mass is 497 g/mol. The van der Waals surface area contributed by atoms with E-state index in [-0.39, 0.29) is 6.42 Å². The van der Waals surface area contributed by atoms with Crippen LogP contribution in [0.5, 0.6) is 17.2 Å². The van der Waals surface area contributed by atoms with Crippen LogP contribution in [-0.2, 0) is 9.59 Å². The zero-order valence-electron chi connectivity index (χ0n) is 15.6. The van der Waals surface area contributed by atoms with E-state index in [9.17, 15) is 9.59 Å². The molecule has 0 spiro atoms. The predicted octanol–water partition coefficient (Wildman–Crippen LogP) is 2.80. The van der Waals surface area contributed by atoms with Crippen LogP contribution in [0.4, 0.5) is 5.69 Å². The Balaban J connectivity index is 1.93. The number of nitrogens with one attached hydrogen (secondary N) is 2. The summed E-state index contributed by atoms with van der Waals surface area (Å²) in [5.41, 5.74) is 3.53. The van der Waals surface area contributed by atoms with Crippen molar-refractivity contribution in [3.05, 3.63) is 45.5 Å². The van der Waals surface area contributed by atoms with Crippen LogP contribution >= 0.6 is 22.6 Å². The second kappa shape index (κ2) is 10.5. The highest BCUT2D eigenvalue weighted by Gasteiger charge is 2.12. The van der Waals surface area contributed by atoms with Crippen molar-refractivity contribution in [2.45, 2.75) is 6.42 Å². The summed E-state index contributed by atoms with van der Waals surface area (Å²) in [5.74, 6) is 0.671. The number of hydrogen-bond acceptors (Lipinski definition) is 6. The van der Waals surface area contributed by atoms with Gasteiger partial charge in [0.1, 0.15) is 12.2 Å². The fourth-order valence-electron chi connectivity index (χ4n) is 2.32. The number of carbonyl (C=O) groups is 2. The average molecular weight is 497 g/mol.